The van der Waals surface area contributed by atoms with Gasteiger partial charge in [-0.15, -0.1) is 0 Å². The topological polar surface area (TPSA) is 26.3 Å². The molecular weight excluding hydrogens is 236 g/mol. The van der Waals surface area contributed by atoms with Gasteiger partial charge in [0.15, 0.2) is 0 Å². The zero-order chi connectivity index (χ0) is 13.7. The number of rotatable bonds is 3. The highest BCUT2D eigenvalue weighted by Gasteiger charge is 2.08. The monoisotopic (exact) mass is 252 g/mol. The summed E-state index contributed by atoms with van der Waals surface area (Å²) in [5.74, 6) is -0.315. The Morgan fingerprint density at radius 1 is 1.05 bits per heavy atom. The molecule has 2 aromatic carbocycles. The summed E-state index contributed by atoms with van der Waals surface area (Å²) in [6.45, 7) is 2.06. The molecule has 2 nitrogen and oxygen atoms in total. The number of methoxy groups -OCH3 is 1. The van der Waals surface area contributed by atoms with E-state index in [9.17, 15) is 4.79 Å². The summed E-state index contributed by atoms with van der Waals surface area (Å²) >= 11 is 0. The molecule has 96 valence electrons. The highest BCUT2D eigenvalue weighted by molar-refractivity contribution is 5.94. The third kappa shape index (κ3) is 3.32. The molecule has 0 aliphatic carbocycles. The van der Waals surface area contributed by atoms with Crippen molar-refractivity contribution < 1.29 is 9.53 Å². The Morgan fingerprint density at radius 2 is 1.84 bits per heavy atom. The number of hydrogen-bond donors (Lipinski definition) is 0. The first-order chi connectivity index (χ1) is 9.20. The van der Waals surface area contributed by atoms with Gasteiger partial charge in [-0.2, -0.15) is 0 Å². The van der Waals surface area contributed by atoms with Gasteiger partial charge in [-0.3, -0.25) is 0 Å². The molecule has 0 amide bonds. The fraction of sp³-hybridized carbons (Fsp3) is 0.118. The summed E-state index contributed by atoms with van der Waals surface area (Å²) in [5.41, 5.74) is 3.76. The summed E-state index contributed by atoms with van der Waals surface area (Å²) in [6, 6.07) is 15.6. The molecule has 2 aromatic rings. The van der Waals surface area contributed by atoms with Gasteiger partial charge in [-0.1, -0.05) is 60.2 Å². The molecule has 0 aliphatic rings. The van der Waals surface area contributed by atoms with E-state index in [0.29, 0.717) is 5.56 Å². The standard InChI is InChI=1S/C17H16O2/c1-13-6-5-7-14(12-13)10-11-15-8-3-4-9-16(15)17(18)19-2/h3-12H,1-2H3/b11-10+. The van der Waals surface area contributed by atoms with Crippen LogP contribution in [0, 0.1) is 6.92 Å². The molecule has 0 atom stereocenters. The lowest BCUT2D eigenvalue weighted by molar-refractivity contribution is 0.0600. The van der Waals surface area contributed by atoms with Gasteiger partial charge in [0.1, 0.15) is 0 Å². The maximum absolute atomic E-state index is 11.6. The molecule has 0 saturated carbocycles. The van der Waals surface area contributed by atoms with Crippen LogP contribution in [0.2, 0.25) is 0 Å². The van der Waals surface area contributed by atoms with Crippen LogP contribution in [0.3, 0.4) is 0 Å². The van der Waals surface area contributed by atoms with E-state index in [0.717, 1.165) is 11.1 Å². The van der Waals surface area contributed by atoms with Crippen LogP contribution >= 0.6 is 0 Å². The molecular formula is C17H16O2. The number of carbonyl (C=O) groups excluding carboxylic acids is 1. The number of benzene rings is 2. The van der Waals surface area contributed by atoms with Crippen LogP contribution in [0.4, 0.5) is 0 Å². The van der Waals surface area contributed by atoms with E-state index in [1.807, 2.05) is 42.5 Å². The number of esters is 1. The average molecular weight is 252 g/mol. The molecule has 0 saturated heterocycles. The Balaban J connectivity index is 2.31. The fourth-order valence-corrected chi connectivity index (χ4v) is 1.90. The SMILES string of the molecule is COC(=O)c1ccccc1/C=C/c1cccc(C)c1. The van der Waals surface area contributed by atoms with Crippen LogP contribution in [-0.4, -0.2) is 13.1 Å². The maximum Gasteiger partial charge on any atom is 0.338 e. The van der Waals surface area contributed by atoms with Crippen LogP contribution in [0.5, 0.6) is 0 Å². The molecule has 0 spiro atoms. The van der Waals surface area contributed by atoms with E-state index >= 15 is 0 Å². The second kappa shape index (κ2) is 6.01. The van der Waals surface area contributed by atoms with E-state index in [1.165, 1.54) is 12.7 Å². The highest BCUT2D eigenvalue weighted by atomic mass is 16.5. The highest BCUT2D eigenvalue weighted by Crippen LogP contribution is 2.14. The Labute approximate surface area is 113 Å². The molecule has 0 bridgehead atoms. The number of aryl methyl sites for hydroxylation is 1. The first-order valence-electron chi connectivity index (χ1n) is 6.13. The molecule has 0 aromatic heterocycles. The molecule has 2 heteroatoms. The fourth-order valence-electron chi connectivity index (χ4n) is 1.90. The molecule has 0 fully saturated rings. The summed E-state index contributed by atoms with van der Waals surface area (Å²) in [5, 5.41) is 0. The Bertz CT molecular complexity index is 612. The molecule has 2 rings (SSSR count). The average Bonchev–Trinajstić information content (AvgIpc) is 2.45. The minimum atomic E-state index is -0.315. The van der Waals surface area contributed by atoms with Crippen molar-refractivity contribution in [1.82, 2.24) is 0 Å². The van der Waals surface area contributed by atoms with Crippen LogP contribution in [0.1, 0.15) is 27.0 Å². The molecule has 19 heavy (non-hydrogen) atoms. The minimum absolute atomic E-state index is 0.315. The largest absolute Gasteiger partial charge is 0.465 e. The molecule has 0 heterocycles. The van der Waals surface area contributed by atoms with Crippen molar-refractivity contribution in [3.8, 4) is 0 Å². The molecule has 0 aliphatic heterocycles. The zero-order valence-corrected chi connectivity index (χ0v) is 11.1. The van der Waals surface area contributed by atoms with Crippen molar-refractivity contribution >= 4 is 18.1 Å². The van der Waals surface area contributed by atoms with E-state index in [4.69, 9.17) is 4.74 Å². The zero-order valence-electron chi connectivity index (χ0n) is 11.1. The van der Waals surface area contributed by atoms with Gasteiger partial charge >= 0.3 is 5.97 Å². The Hall–Kier alpha value is -2.35. The van der Waals surface area contributed by atoms with Crippen molar-refractivity contribution in [3.63, 3.8) is 0 Å². The van der Waals surface area contributed by atoms with Gasteiger partial charge in [0.25, 0.3) is 0 Å². The number of carbonyl (C=O) groups is 1. The first kappa shape index (κ1) is 13.1. The van der Waals surface area contributed by atoms with Gasteiger partial charge in [0, 0.05) is 0 Å². The summed E-state index contributed by atoms with van der Waals surface area (Å²) in [4.78, 5) is 11.6. The van der Waals surface area contributed by atoms with Crippen LogP contribution < -0.4 is 0 Å². The van der Waals surface area contributed by atoms with Crippen LogP contribution in [0.15, 0.2) is 48.5 Å². The van der Waals surface area contributed by atoms with Crippen molar-refractivity contribution in [1.29, 1.82) is 0 Å². The summed E-state index contributed by atoms with van der Waals surface area (Å²) in [7, 11) is 1.39. The van der Waals surface area contributed by atoms with Gasteiger partial charge in [0.05, 0.1) is 12.7 Å². The number of hydrogen-bond acceptors (Lipinski definition) is 2. The predicted molar refractivity (Wildman–Crippen MR) is 77.9 cm³/mol. The smallest absolute Gasteiger partial charge is 0.338 e. The Morgan fingerprint density at radius 3 is 2.58 bits per heavy atom. The Kier molecular flexibility index (Phi) is 4.14. The summed E-state index contributed by atoms with van der Waals surface area (Å²) < 4.78 is 4.78. The molecule has 0 radical (unpaired) electrons. The summed E-state index contributed by atoms with van der Waals surface area (Å²) in [6.07, 6.45) is 3.93. The number of ether oxygens (including phenoxy) is 1. The van der Waals surface area contributed by atoms with Crippen molar-refractivity contribution in [2.75, 3.05) is 7.11 Å². The quantitative estimate of drug-likeness (QED) is 0.610. The maximum atomic E-state index is 11.6. The van der Waals surface area contributed by atoms with Gasteiger partial charge in [0.2, 0.25) is 0 Å². The van der Waals surface area contributed by atoms with Crippen molar-refractivity contribution in [2.24, 2.45) is 0 Å². The van der Waals surface area contributed by atoms with E-state index < -0.39 is 0 Å². The van der Waals surface area contributed by atoms with E-state index in [2.05, 4.69) is 19.1 Å². The first-order valence-corrected chi connectivity index (χ1v) is 6.13. The lowest BCUT2D eigenvalue weighted by atomic mass is 10.1. The van der Waals surface area contributed by atoms with E-state index in [1.54, 1.807) is 6.07 Å². The lowest BCUT2D eigenvalue weighted by Crippen LogP contribution is -2.02. The van der Waals surface area contributed by atoms with Crippen molar-refractivity contribution in [3.05, 3.63) is 70.8 Å². The van der Waals surface area contributed by atoms with Crippen LogP contribution in [0.25, 0.3) is 12.2 Å². The minimum Gasteiger partial charge on any atom is -0.465 e. The third-order valence-corrected chi connectivity index (χ3v) is 2.86. The molecule has 0 N–H and O–H groups in total. The lowest BCUT2D eigenvalue weighted by Gasteiger charge is -2.03. The van der Waals surface area contributed by atoms with Crippen LogP contribution in [-0.2, 0) is 4.74 Å². The third-order valence-electron chi connectivity index (χ3n) is 2.86. The second-order valence-corrected chi connectivity index (χ2v) is 4.33. The second-order valence-electron chi connectivity index (χ2n) is 4.33. The van der Waals surface area contributed by atoms with E-state index in [-0.39, 0.29) is 5.97 Å². The normalized spacial score (nSPS) is 10.6. The van der Waals surface area contributed by atoms with Gasteiger partial charge in [-0.05, 0) is 24.1 Å². The molecule has 0 unspecified atom stereocenters. The van der Waals surface area contributed by atoms with Crippen molar-refractivity contribution in [2.45, 2.75) is 6.92 Å². The predicted octanol–water partition coefficient (Wildman–Crippen LogP) is 3.95. The van der Waals surface area contributed by atoms with Gasteiger partial charge < -0.3 is 4.74 Å². The van der Waals surface area contributed by atoms with Gasteiger partial charge in [-0.25, -0.2) is 4.79 Å².